The van der Waals surface area contributed by atoms with Crippen molar-refractivity contribution in [2.24, 2.45) is 0 Å². The lowest BCUT2D eigenvalue weighted by Crippen LogP contribution is -2.47. The monoisotopic (exact) mass is 275 g/mol. The van der Waals surface area contributed by atoms with Crippen LogP contribution in [0.3, 0.4) is 0 Å². The molecule has 20 heavy (non-hydrogen) atoms. The van der Waals surface area contributed by atoms with Crippen molar-refractivity contribution in [3.05, 3.63) is 29.3 Å². The van der Waals surface area contributed by atoms with Crippen LogP contribution in [-0.4, -0.2) is 50.7 Å². The number of nitrogens with one attached hydrogen (secondary N) is 1. The van der Waals surface area contributed by atoms with Crippen molar-refractivity contribution in [3.63, 3.8) is 0 Å². The summed E-state index contributed by atoms with van der Waals surface area (Å²) in [6.45, 7) is 12.6. The summed E-state index contributed by atoms with van der Waals surface area (Å²) < 4.78 is 0. The highest BCUT2D eigenvalue weighted by molar-refractivity contribution is 5.56. The topological polar surface area (TPSA) is 18.5 Å². The van der Waals surface area contributed by atoms with Gasteiger partial charge in [0.1, 0.15) is 0 Å². The predicted molar refractivity (Wildman–Crippen MR) is 87.7 cm³/mol. The van der Waals surface area contributed by atoms with E-state index in [1.807, 2.05) is 7.05 Å². The van der Waals surface area contributed by atoms with E-state index in [-0.39, 0.29) is 0 Å². The molecule has 0 amide bonds. The standard InChI is InChI=1S/C17H29N3/c1-14-6-5-7-17(16(14)3)20-12-10-19(11-13-20)9-8-15(2)18-4/h5-7,15,18H,8-13H2,1-4H3. The SMILES string of the molecule is CNC(C)CCN1CCN(c2cccc(C)c2C)CC1. The molecule has 0 spiro atoms. The molecule has 0 aliphatic carbocycles. The molecule has 0 bridgehead atoms. The van der Waals surface area contributed by atoms with E-state index in [9.17, 15) is 0 Å². The second kappa shape index (κ2) is 7.09. The molecule has 0 radical (unpaired) electrons. The molecular weight excluding hydrogens is 246 g/mol. The number of nitrogens with zero attached hydrogens (tertiary/aromatic N) is 2. The molecule has 2 rings (SSSR count). The highest BCUT2D eigenvalue weighted by Gasteiger charge is 2.18. The number of hydrogen-bond donors (Lipinski definition) is 1. The fourth-order valence-electron chi connectivity index (χ4n) is 2.81. The summed E-state index contributed by atoms with van der Waals surface area (Å²) in [4.78, 5) is 5.13. The largest absolute Gasteiger partial charge is 0.369 e. The molecular formula is C17H29N3. The van der Waals surface area contributed by atoms with Gasteiger partial charge in [0, 0.05) is 37.9 Å². The van der Waals surface area contributed by atoms with Crippen molar-refractivity contribution < 1.29 is 0 Å². The first-order valence-corrected chi connectivity index (χ1v) is 7.82. The Kier molecular flexibility index (Phi) is 5.44. The van der Waals surface area contributed by atoms with Crippen molar-refractivity contribution in [2.45, 2.75) is 33.2 Å². The first kappa shape index (κ1) is 15.3. The van der Waals surface area contributed by atoms with E-state index in [0.717, 1.165) is 13.1 Å². The highest BCUT2D eigenvalue weighted by Crippen LogP contribution is 2.23. The van der Waals surface area contributed by atoms with Crippen LogP contribution in [0.15, 0.2) is 18.2 Å². The Labute approximate surface area is 124 Å². The number of aryl methyl sites for hydroxylation is 1. The lowest BCUT2D eigenvalue weighted by molar-refractivity contribution is 0.246. The van der Waals surface area contributed by atoms with E-state index in [1.165, 1.54) is 42.9 Å². The Morgan fingerprint density at radius 2 is 1.85 bits per heavy atom. The van der Waals surface area contributed by atoms with Crippen molar-refractivity contribution in [2.75, 3.05) is 44.7 Å². The fraction of sp³-hybridized carbons (Fsp3) is 0.647. The van der Waals surface area contributed by atoms with E-state index in [0.29, 0.717) is 6.04 Å². The minimum absolute atomic E-state index is 0.618. The maximum absolute atomic E-state index is 3.32. The van der Waals surface area contributed by atoms with Gasteiger partial charge in [-0.15, -0.1) is 0 Å². The number of rotatable bonds is 5. The van der Waals surface area contributed by atoms with Gasteiger partial charge >= 0.3 is 0 Å². The predicted octanol–water partition coefficient (Wildman–Crippen LogP) is 2.42. The van der Waals surface area contributed by atoms with Gasteiger partial charge in [0.2, 0.25) is 0 Å². The van der Waals surface area contributed by atoms with Crippen molar-refractivity contribution in [3.8, 4) is 0 Å². The van der Waals surface area contributed by atoms with Gasteiger partial charge in [-0.1, -0.05) is 12.1 Å². The van der Waals surface area contributed by atoms with Crippen LogP contribution in [0.25, 0.3) is 0 Å². The third-order valence-corrected chi connectivity index (χ3v) is 4.66. The molecule has 112 valence electrons. The van der Waals surface area contributed by atoms with Crippen LogP contribution in [0.1, 0.15) is 24.5 Å². The summed E-state index contributed by atoms with van der Waals surface area (Å²) in [6.07, 6.45) is 1.24. The van der Waals surface area contributed by atoms with Gasteiger partial charge in [-0.25, -0.2) is 0 Å². The van der Waals surface area contributed by atoms with Crippen LogP contribution in [0.4, 0.5) is 5.69 Å². The first-order chi connectivity index (χ1) is 9.61. The van der Waals surface area contributed by atoms with E-state index >= 15 is 0 Å². The van der Waals surface area contributed by atoms with Crippen molar-refractivity contribution in [1.82, 2.24) is 10.2 Å². The number of anilines is 1. The Balaban J connectivity index is 1.86. The molecule has 1 aliphatic rings. The van der Waals surface area contributed by atoms with Gasteiger partial charge in [0.05, 0.1) is 0 Å². The lowest BCUT2D eigenvalue weighted by Gasteiger charge is -2.37. The molecule has 1 unspecified atom stereocenters. The van der Waals surface area contributed by atoms with Gasteiger partial charge in [0.25, 0.3) is 0 Å². The van der Waals surface area contributed by atoms with Crippen LogP contribution in [0.2, 0.25) is 0 Å². The molecule has 1 fully saturated rings. The average Bonchev–Trinajstić information content (AvgIpc) is 2.48. The molecule has 1 aromatic rings. The minimum Gasteiger partial charge on any atom is -0.369 e. The Bertz CT molecular complexity index is 422. The quantitative estimate of drug-likeness (QED) is 0.890. The van der Waals surface area contributed by atoms with E-state index in [4.69, 9.17) is 0 Å². The second-order valence-electron chi connectivity index (χ2n) is 6.03. The summed E-state index contributed by atoms with van der Waals surface area (Å²) in [7, 11) is 2.04. The van der Waals surface area contributed by atoms with Crippen LogP contribution in [-0.2, 0) is 0 Å². The molecule has 1 saturated heterocycles. The van der Waals surface area contributed by atoms with Gasteiger partial charge in [0.15, 0.2) is 0 Å². The normalized spacial score (nSPS) is 18.3. The number of hydrogen-bond acceptors (Lipinski definition) is 3. The van der Waals surface area contributed by atoms with Gasteiger partial charge in [-0.2, -0.15) is 0 Å². The maximum atomic E-state index is 3.32. The first-order valence-electron chi connectivity index (χ1n) is 7.82. The molecule has 1 N–H and O–H groups in total. The molecule has 0 aromatic heterocycles. The summed E-state index contributed by atoms with van der Waals surface area (Å²) in [6, 6.07) is 7.26. The molecule has 3 heteroatoms. The zero-order valence-corrected chi connectivity index (χ0v) is 13.4. The zero-order valence-electron chi connectivity index (χ0n) is 13.4. The van der Waals surface area contributed by atoms with Gasteiger partial charge in [-0.3, -0.25) is 4.90 Å². The van der Waals surface area contributed by atoms with Crippen molar-refractivity contribution >= 4 is 5.69 Å². The van der Waals surface area contributed by atoms with Crippen LogP contribution in [0, 0.1) is 13.8 Å². The smallest absolute Gasteiger partial charge is 0.0399 e. The Morgan fingerprint density at radius 3 is 2.50 bits per heavy atom. The highest BCUT2D eigenvalue weighted by atomic mass is 15.3. The Hall–Kier alpha value is -1.06. The summed E-state index contributed by atoms with van der Waals surface area (Å²) in [5.41, 5.74) is 4.26. The van der Waals surface area contributed by atoms with Crippen molar-refractivity contribution in [1.29, 1.82) is 0 Å². The fourth-order valence-corrected chi connectivity index (χ4v) is 2.81. The van der Waals surface area contributed by atoms with Gasteiger partial charge in [-0.05, 0) is 58.0 Å². The molecule has 1 aromatic carbocycles. The third-order valence-electron chi connectivity index (χ3n) is 4.66. The molecule has 1 aliphatic heterocycles. The van der Waals surface area contributed by atoms with Crippen LogP contribution >= 0.6 is 0 Å². The van der Waals surface area contributed by atoms with Crippen LogP contribution in [0.5, 0.6) is 0 Å². The summed E-state index contributed by atoms with van der Waals surface area (Å²) in [5.74, 6) is 0. The summed E-state index contributed by atoms with van der Waals surface area (Å²) >= 11 is 0. The lowest BCUT2D eigenvalue weighted by atomic mass is 10.1. The average molecular weight is 275 g/mol. The number of benzene rings is 1. The van der Waals surface area contributed by atoms with E-state index in [1.54, 1.807) is 0 Å². The zero-order chi connectivity index (χ0) is 14.5. The maximum Gasteiger partial charge on any atom is 0.0399 e. The summed E-state index contributed by atoms with van der Waals surface area (Å²) in [5, 5.41) is 3.32. The molecule has 1 heterocycles. The van der Waals surface area contributed by atoms with E-state index in [2.05, 4.69) is 54.1 Å². The third kappa shape index (κ3) is 3.74. The minimum atomic E-state index is 0.618. The van der Waals surface area contributed by atoms with Crippen LogP contribution < -0.4 is 10.2 Å². The molecule has 0 saturated carbocycles. The van der Waals surface area contributed by atoms with E-state index < -0.39 is 0 Å². The number of piperazine rings is 1. The van der Waals surface area contributed by atoms with Gasteiger partial charge < -0.3 is 10.2 Å². The molecule has 3 nitrogen and oxygen atoms in total. The second-order valence-corrected chi connectivity index (χ2v) is 6.03. The molecule has 1 atom stereocenters. The Morgan fingerprint density at radius 1 is 1.15 bits per heavy atom.